The number of amides is 1. The van der Waals surface area contributed by atoms with Crippen molar-refractivity contribution in [2.45, 2.75) is 20.3 Å². The Labute approximate surface area is 106 Å². The predicted molar refractivity (Wildman–Crippen MR) is 72.2 cm³/mol. The molecule has 1 aromatic heterocycles. The van der Waals surface area contributed by atoms with E-state index in [4.69, 9.17) is 5.73 Å². The molecule has 1 atom stereocenters. The summed E-state index contributed by atoms with van der Waals surface area (Å²) in [5.41, 5.74) is 6.72. The van der Waals surface area contributed by atoms with Crippen LogP contribution in [0.25, 0.3) is 10.9 Å². The fourth-order valence-corrected chi connectivity index (χ4v) is 1.74. The third-order valence-electron chi connectivity index (χ3n) is 3.50. The predicted octanol–water partition coefficient (Wildman–Crippen LogP) is 1.88. The van der Waals surface area contributed by atoms with Crippen LogP contribution >= 0.6 is 0 Å². The number of aromatic nitrogens is 2. The van der Waals surface area contributed by atoms with Gasteiger partial charge in [0, 0.05) is 11.9 Å². The van der Waals surface area contributed by atoms with Crippen LogP contribution in [0.1, 0.15) is 20.3 Å². The first-order chi connectivity index (χ1) is 8.60. The standard InChI is InChI=1S/C13H18N4O/c1-3-13(2,8-14)12(18)16-10-6-4-5-9-7-15-17-11(9)10/h4-7H,3,8,14H2,1-2H3,(H,15,17)(H,16,18). The highest BCUT2D eigenvalue weighted by Gasteiger charge is 2.29. The molecular weight excluding hydrogens is 228 g/mol. The van der Waals surface area contributed by atoms with Gasteiger partial charge in [-0.1, -0.05) is 19.1 Å². The summed E-state index contributed by atoms with van der Waals surface area (Å²) in [6.07, 6.45) is 2.43. The summed E-state index contributed by atoms with van der Waals surface area (Å²) in [5.74, 6) is -0.0606. The maximum Gasteiger partial charge on any atom is 0.231 e. The van der Waals surface area contributed by atoms with Crippen LogP contribution in [0.4, 0.5) is 5.69 Å². The highest BCUT2D eigenvalue weighted by Crippen LogP contribution is 2.25. The molecule has 0 saturated carbocycles. The smallest absolute Gasteiger partial charge is 0.231 e. The quantitative estimate of drug-likeness (QED) is 0.770. The van der Waals surface area contributed by atoms with Gasteiger partial charge in [-0.3, -0.25) is 9.89 Å². The van der Waals surface area contributed by atoms with E-state index in [9.17, 15) is 4.79 Å². The van der Waals surface area contributed by atoms with Crippen LogP contribution in [0.5, 0.6) is 0 Å². The first-order valence-electron chi connectivity index (χ1n) is 6.04. The molecule has 0 saturated heterocycles. The minimum Gasteiger partial charge on any atom is -0.329 e. The van der Waals surface area contributed by atoms with Gasteiger partial charge in [0.25, 0.3) is 0 Å². The summed E-state index contributed by atoms with van der Waals surface area (Å²) in [4.78, 5) is 12.2. The van der Waals surface area contributed by atoms with Crippen LogP contribution < -0.4 is 11.1 Å². The number of hydrogen-bond acceptors (Lipinski definition) is 3. The van der Waals surface area contributed by atoms with E-state index in [-0.39, 0.29) is 5.91 Å². The van der Waals surface area contributed by atoms with Gasteiger partial charge >= 0.3 is 0 Å². The second kappa shape index (κ2) is 4.78. The maximum atomic E-state index is 12.2. The number of nitrogens with two attached hydrogens (primary N) is 1. The number of rotatable bonds is 4. The van der Waals surface area contributed by atoms with Crippen molar-refractivity contribution < 1.29 is 4.79 Å². The number of nitrogens with zero attached hydrogens (tertiary/aromatic N) is 1. The first-order valence-corrected chi connectivity index (χ1v) is 6.04. The van der Waals surface area contributed by atoms with Crippen molar-refractivity contribution in [2.75, 3.05) is 11.9 Å². The topological polar surface area (TPSA) is 83.8 Å². The minimum atomic E-state index is -0.539. The van der Waals surface area contributed by atoms with E-state index in [1.807, 2.05) is 32.0 Å². The number of hydrogen-bond donors (Lipinski definition) is 3. The molecule has 1 unspecified atom stereocenters. The van der Waals surface area contributed by atoms with Crippen molar-refractivity contribution in [3.8, 4) is 0 Å². The number of para-hydroxylation sites is 1. The largest absolute Gasteiger partial charge is 0.329 e. The Morgan fingerprint density at radius 3 is 3.00 bits per heavy atom. The molecular formula is C13H18N4O. The van der Waals surface area contributed by atoms with Crippen molar-refractivity contribution in [3.05, 3.63) is 24.4 Å². The van der Waals surface area contributed by atoms with E-state index < -0.39 is 5.41 Å². The lowest BCUT2D eigenvalue weighted by Gasteiger charge is -2.25. The average Bonchev–Trinajstić information content (AvgIpc) is 2.87. The van der Waals surface area contributed by atoms with Crippen LogP contribution in [-0.2, 0) is 4.79 Å². The number of nitrogens with one attached hydrogen (secondary N) is 2. The minimum absolute atomic E-state index is 0.0606. The fraction of sp³-hybridized carbons (Fsp3) is 0.385. The maximum absolute atomic E-state index is 12.2. The van der Waals surface area contributed by atoms with Crippen molar-refractivity contribution in [3.63, 3.8) is 0 Å². The molecule has 0 bridgehead atoms. The van der Waals surface area contributed by atoms with E-state index in [0.717, 1.165) is 16.6 Å². The Morgan fingerprint density at radius 2 is 2.33 bits per heavy atom. The van der Waals surface area contributed by atoms with Gasteiger partial charge in [-0.25, -0.2) is 0 Å². The fourth-order valence-electron chi connectivity index (χ4n) is 1.74. The lowest BCUT2D eigenvalue weighted by atomic mass is 9.86. The molecule has 5 heteroatoms. The molecule has 2 rings (SSSR count). The third kappa shape index (κ3) is 2.09. The van der Waals surface area contributed by atoms with Crippen LogP contribution in [0.3, 0.4) is 0 Å². The summed E-state index contributed by atoms with van der Waals surface area (Å²) in [5, 5.41) is 10.8. The number of carbonyl (C=O) groups is 1. The average molecular weight is 246 g/mol. The normalized spacial score (nSPS) is 14.4. The zero-order chi connectivity index (χ0) is 13.2. The lowest BCUT2D eigenvalue weighted by molar-refractivity contribution is -0.124. The molecule has 96 valence electrons. The van der Waals surface area contributed by atoms with Crippen LogP contribution in [-0.4, -0.2) is 22.6 Å². The molecule has 0 radical (unpaired) electrons. The Morgan fingerprint density at radius 1 is 1.56 bits per heavy atom. The molecule has 0 aliphatic heterocycles. The molecule has 2 aromatic rings. The molecule has 0 aliphatic rings. The Balaban J connectivity index is 2.29. The van der Waals surface area contributed by atoms with Gasteiger partial charge in [0.05, 0.1) is 22.8 Å². The van der Waals surface area contributed by atoms with Crippen LogP contribution in [0.2, 0.25) is 0 Å². The van der Waals surface area contributed by atoms with Gasteiger partial charge in [0.1, 0.15) is 0 Å². The Kier molecular flexibility index (Phi) is 3.34. The second-order valence-corrected chi connectivity index (χ2v) is 4.71. The van der Waals surface area contributed by atoms with Gasteiger partial charge < -0.3 is 11.1 Å². The van der Waals surface area contributed by atoms with Crippen LogP contribution in [0, 0.1) is 5.41 Å². The zero-order valence-corrected chi connectivity index (χ0v) is 10.7. The van der Waals surface area contributed by atoms with Crippen molar-refractivity contribution >= 4 is 22.5 Å². The number of benzene rings is 1. The molecule has 0 spiro atoms. The summed E-state index contributed by atoms with van der Waals surface area (Å²) >= 11 is 0. The Bertz CT molecular complexity index is 557. The van der Waals surface area contributed by atoms with Gasteiger partial charge in [0.2, 0.25) is 5.91 Å². The first kappa shape index (κ1) is 12.6. The second-order valence-electron chi connectivity index (χ2n) is 4.71. The molecule has 1 amide bonds. The van der Waals surface area contributed by atoms with Gasteiger partial charge in [-0.15, -0.1) is 0 Å². The summed E-state index contributed by atoms with van der Waals surface area (Å²) < 4.78 is 0. The molecule has 0 fully saturated rings. The molecule has 4 N–H and O–H groups in total. The van der Waals surface area contributed by atoms with Crippen molar-refractivity contribution in [1.29, 1.82) is 0 Å². The summed E-state index contributed by atoms with van der Waals surface area (Å²) in [6.45, 7) is 4.16. The summed E-state index contributed by atoms with van der Waals surface area (Å²) in [7, 11) is 0. The molecule has 18 heavy (non-hydrogen) atoms. The van der Waals surface area contributed by atoms with Gasteiger partial charge in [-0.2, -0.15) is 5.10 Å². The van der Waals surface area contributed by atoms with Gasteiger partial charge in [-0.05, 0) is 19.4 Å². The molecule has 0 aliphatic carbocycles. The zero-order valence-electron chi connectivity index (χ0n) is 10.7. The number of fused-ring (bicyclic) bond motifs is 1. The van der Waals surface area contributed by atoms with E-state index in [1.165, 1.54) is 0 Å². The highest BCUT2D eigenvalue weighted by molar-refractivity contribution is 6.02. The van der Waals surface area contributed by atoms with E-state index in [0.29, 0.717) is 13.0 Å². The summed E-state index contributed by atoms with van der Waals surface area (Å²) in [6, 6.07) is 5.68. The van der Waals surface area contributed by atoms with E-state index in [1.54, 1.807) is 6.20 Å². The van der Waals surface area contributed by atoms with Gasteiger partial charge in [0.15, 0.2) is 0 Å². The number of anilines is 1. The highest BCUT2D eigenvalue weighted by atomic mass is 16.2. The molecule has 5 nitrogen and oxygen atoms in total. The van der Waals surface area contributed by atoms with Crippen LogP contribution in [0.15, 0.2) is 24.4 Å². The van der Waals surface area contributed by atoms with Crippen molar-refractivity contribution in [2.24, 2.45) is 11.1 Å². The SMILES string of the molecule is CCC(C)(CN)C(=O)Nc1cccc2cn[nH]c12. The monoisotopic (exact) mass is 246 g/mol. The Hall–Kier alpha value is -1.88. The number of aromatic amines is 1. The lowest BCUT2D eigenvalue weighted by Crippen LogP contribution is -2.39. The molecule has 1 heterocycles. The number of H-pyrrole nitrogens is 1. The third-order valence-corrected chi connectivity index (χ3v) is 3.50. The molecule has 1 aromatic carbocycles. The van der Waals surface area contributed by atoms with E-state index in [2.05, 4.69) is 15.5 Å². The van der Waals surface area contributed by atoms with E-state index >= 15 is 0 Å². The van der Waals surface area contributed by atoms with Crippen molar-refractivity contribution in [1.82, 2.24) is 10.2 Å². The number of carbonyl (C=O) groups excluding carboxylic acids is 1.